The first-order chi connectivity index (χ1) is 10.2. The highest BCUT2D eigenvalue weighted by atomic mass is 32.2. The summed E-state index contributed by atoms with van der Waals surface area (Å²) in [4.78, 5) is 18.1. The number of hydrogen-bond donors (Lipinski definition) is 1. The Morgan fingerprint density at radius 1 is 1.19 bits per heavy atom. The maximum absolute atomic E-state index is 4.73. The molecule has 5 nitrogen and oxygen atoms in total. The Morgan fingerprint density at radius 2 is 1.90 bits per heavy atom. The number of nitrogens with zero attached hydrogens (tertiary/aromatic N) is 4. The van der Waals surface area contributed by atoms with Crippen molar-refractivity contribution in [3.05, 3.63) is 29.3 Å². The van der Waals surface area contributed by atoms with Gasteiger partial charge in [-0.3, -0.25) is 0 Å². The minimum atomic E-state index is 0.529. The van der Waals surface area contributed by atoms with Gasteiger partial charge in [-0.2, -0.15) is 0 Å². The SMILES string of the molecule is CCNc1nc(C2CC2)nc(Sc2ncc(C)cn2)c1C. The summed E-state index contributed by atoms with van der Waals surface area (Å²) < 4.78 is 0. The lowest BCUT2D eigenvalue weighted by Gasteiger charge is -2.12. The molecule has 1 aliphatic carbocycles. The van der Waals surface area contributed by atoms with E-state index in [1.807, 2.05) is 26.2 Å². The van der Waals surface area contributed by atoms with E-state index in [-0.39, 0.29) is 0 Å². The lowest BCUT2D eigenvalue weighted by atomic mass is 10.3. The standard InChI is InChI=1S/C15H19N5S/c1-4-16-12-10(3)14(20-13(19-12)11-5-6-11)21-15-17-7-9(2)8-18-15/h7-8,11H,4-6H2,1-3H3,(H,16,19,20). The van der Waals surface area contributed by atoms with Crippen LogP contribution in [0.3, 0.4) is 0 Å². The van der Waals surface area contributed by atoms with Crippen molar-refractivity contribution >= 4 is 17.6 Å². The first-order valence-electron chi connectivity index (χ1n) is 7.26. The molecule has 0 bridgehead atoms. The van der Waals surface area contributed by atoms with Crippen LogP contribution in [0.25, 0.3) is 0 Å². The summed E-state index contributed by atoms with van der Waals surface area (Å²) in [6, 6.07) is 0. The summed E-state index contributed by atoms with van der Waals surface area (Å²) in [7, 11) is 0. The Bertz CT molecular complexity index is 637. The summed E-state index contributed by atoms with van der Waals surface area (Å²) in [6.07, 6.45) is 6.05. The fraction of sp³-hybridized carbons (Fsp3) is 0.467. The van der Waals surface area contributed by atoms with Gasteiger partial charge >= 0.3 is 0 Å². The first kappa shape index (κ1) is 14.3. The van der Waals surface area contributed by atoms with Gasteiger partial charge in [0.25, 0.3) is 0 Å². The lowest BCUT2D eigenvalue weighted by molar-refractivity contribution is 0.855. The maximum atomic E-state index is 4.73. The van der Waals surface area contributed by atoms with Crippen molar-refractivity contribution in [1.29, 1.82) is 0 Å². The van der Waals surface area contributed by atoms with Gasteiger partial charge in [-0.25, -0.2) is 19.9 Å². The van der Waals surface area contributed by atoms with Crippen molar-refractivity contribution < 1.29 is 0 Å². The van der Waals surface area contributed by atoms with Gasteiger partial charge in [0.1, 0.15) is 16.7 Å². The number of rotatable bonds is 5. The number of aryl methyl sites for hydroxylation is 1. The zero-order valence-electron chi connectivity index (χ0n) is 12.6. The average Bonchev–Trinajstić information content (AvgIpc) is 3.30. The predicted molar refractivity (Wildman–Crippen MR) is 83.8 cm³/mol. The largest absolute Gasteiger partial charge is 0.370 e. The van der Waals surface area contributed by atoms with Crippen LogP contribution >= 0.6 is 11.8 Å². The van der Waals surface area contributed by atoms with Gasteiger partial charge < -0.3 is 5.32 Å². The van der Waals surface area contributed by atoms with E-state index in [1.165, 1.54) is 24.6 Å². The summed E-state index contributed by atoms with van der Waals surface area (Å²) in [5.41, 5.74) is 2.13. The van der Waals surface area contributed by atoms with E-state index >= 15 is 0 Å². The van der Waals surface area contributed by atoms with Crippen molar-refractivity contribution in [2.45, 2.75) is 49.7 Å². The molecule has 21 heavy (non-hydrogen) atoms. The van der Waals surface area contributed by atoms with E-state index in [9.17, 15) is 0 Å². The van der Waals surface area contributed by atoms with Gasteiger partial charge in [0.2, 0.25) is 0 Å². The second-order valence-corrected chi connectivity index (χ2v) is 6.27. The highest BCUT2D eigenvalue weighted by Crippen LogP contribution is 2.40. The molecule has 110 valence electrons. The Labute approximate surface area is 129 Å². The minimum Gasteiger partial charge on any atom is -0.370 e. The van der Waals surface area contributed by atoms with Gasteiger partial charge in [0.15, 0.2) is 5.16 Å². The van der Waals surface area contributed by atoms with Crippen molar-refractivity contribution in [3.8, 4) is 0 Å². The van der Waals surface area contributed by atoms with E-state index in [1.54, 1.807) is 0 Å². The number of anilines is 1. The van der Waals surface area contributed by atoms with Gasteiger partial charge in [-0.1, -0.05) is 0 Å². The molecule has 0 atom stereocenters. The summed E-state index contributed by atoms with van der Waals surface area (Å²) in [5, 5.41) is 5.01. The van der Waals surface area contributed by atoms with E-state index in [2.05, 4.69) is 27.2 Å². The van der Waals surface area contributed by atoms with Crippen molar-refractivity contribution in [2.24, 2.45) is 0 Å². The zero-order chi connectivity index (χ0) is 14.8. The van der Waals surface area contributed by atoms with Crippen molar-refractivity contribution in [1.82, 2.24) is 19.9 Å². The molecule has 0 spiro atoms. The molecule has 2 aromatic rings. The van der Waals surface area contributed by atoms with Crippen molar-refractivity contribution in [3.63, 3.8) is 0 Å². The topological polar surface area (TPSA) is 63.6 Å². The van der Waals surface area contributed by atoms with Crippen LogP contribution in [-0.4, -0.2) is 26.5 Å². The van der Waals surface area contributed by atoms with E-state index < -0.39 is 0 Å². The Hall–Kier alpha value is -1.69. The van der Waals surface area contributed by atoms with Crippen LogP contribution in [0.2, 0.25) is 0 Å². The predicted octanol–water partition coefficient (Wildman–Crippen LogP) is 3.34. The molecule has 0 radical (unpaired) electrons. The van der Waals surface area contributed by atoms with Crippen LogP contribution in [0.15, 0.2) is 22.6 Å². The monoisotopic (exact) mass is 301 g/mol. The van der Waals surface area contributed by atoms with Gasteiger partial charge in [0, 0.05) is 30.4 Å². The maximum Gasteiger partial charge on any atom is 0.193 e. The molecule has 0 aliphatic heterocycles. The van der Waals surface area contributed by atoms with Crippen LogP contribution in [0.4, 0.5) is 5.82 Å². The minimum absolute atomic E-state index is 0.529. The van der Waals surface area contributed by atoms with E-state index in [4.69, 9.17) is 4.98 Å². The van der Waals surface area contributed by atoms with Crippen LogP contribution in [-0.2, 0) is 0 Å². The first-order valence-corrected chi connectivity index (χ1v) is 8.08. The highest BCUT2D eigenvalue weighted by Gasteiger charge is 2.28. The molecule has 6 heteroatoms. The van der Waals surface area contributed by atoms with Crippen LogP contribution in [0.1, 0.15) is 42.6 Å². The van der Waals surface area contributed by atoms with Crippen LogP contribution < -0.4 is 5.32 Å². The molecule has 1 aliphatic rings. The Balaban J connectivity index is 1.93. The Kier molecular flexibility index (Phi) is 4.05. The van der Waals surface area contributed by atoms with Crippen LogP contribution in [0.5, 0.6) is 0 Å². The number of nitrogens with one attached hydrogen (secondary N) is 1. The third-order valence-electron chi connectivity index (χ3n) is 3.35. The number of aromatic nitrogens is 4. The molecule has 2 aromatic heterocycles. The average molecular weight is 301 g/mol. The second kappa shape index (κ2) is 5.97. The molecular weight excluding hydrogens is 282 g/mol. The summed E-state index contributed by atoms with van der Waals surface area (Å²) in [5.74, 6) is 2.41. The van der Waals surface area contributed by atoms with Gasteiger partial charge in [0.05, 0.1) is 0 Å². The van der Waals surface area contributed by atoms with Gasteiger partial charge in [-0.15, -0.1) is 0 Å². The number of hydrogen-bond acceptors (Lipinski definition) is 6. The molecule has 1 fully saturated rings. The molecule has 0 aromatic carbocycles. The summed E-state index contributed by atoms with van der Waals surface area (Å²) >= 11 is 1.51. The Morgan fingerprint density at radius 3 is 2.52 bits per heavy atom. The molecule has 0 saturated heterocycles. The van der Waals surface area contributed by atoms with E-state index in [0.717, 1.165) is 39.5 Å². The molecule has 1 saturated carbocycles. The third-order valence-corrected chi connectivity index (χ3v) is 4.33. The second-order valence-electron chi connectivity index (χ2n) is 5.31. The lowest BCUT2D eigenvalue weighted by Crippen LogP contribution is -2.07. The highest BCUT2D eigenvalue weighted by molar-refractivity contribution is 7.99. The molecular formula is C15H19N5S. The zero-order valence-corrected chi connectivity index (χ0v) is 13.4. The normalized spacial score (nSPS) is 14.2. The van der Waals surface area contributed by atoms with Crippen LogP contribution in [0, 0.1) is 13.8 Å². The quantitative estimate of drug-likeness (QED) is 0.675. The molecule has 1 N–H and O–H groups in total. The third kappa shape index (κ3) is 3.32. The molecule has 0 amide bonds. The fourth-order valence-corrected chi connectivity index (χ4v) is 2.77. The van der Waals surface area contributed by atoms with Crippen molar-refractivity contribution in [2.75, 3.05) is 11.9 Å². The molecule has 2 heterocycles. The summed E-state index contributed by atoms with van der Waals surface area (Å²) in [6.45, 7) is 6.96. The van der Waals surface area contributed by atoms with E-state index in [0.29, 0.717) is 5.92 Å². The molecule has 0 unspecified atom stereocenters. The van der Waals surface area contributed by atoms with Gasteiger partial charge in [-0.05, 0) is 50.9 Å². The fourth-order valence-electron chi connectivity index (χ4n) is 2.00. The smallest absolute Gasteiger partial charge is 0.193 e. The molecule has 3 rings (SSSR count).